The molecule has 0 unspecified atom stereocenters. The number of aromatic nitrogens is 1. The Morgan fingerprint density at radius 1 is 0.885 bits per heavy atom. The number of nitrogens with one attached hydrogen (secondary N) is 1. The third kappa shape index (κ3) is 4.54. The molecule has 26 heavy (non-hydrogen) atoms. The second kappa shape index (κ2) is 9.23. The number of carbonyl (C=O) groups is 1. The summed E-state index contributed by atoms with van der Waals surface area (Å²) < 4.78 is 0. The topological polar surface area (TPSA) is 36.1 Å². The Balaban J connectivity index is 1.73. The number of hydrogen-bond donors (Lipinski definition) is 1. The third-order valence-corrected chi connectivity index (χ3v) is 4.81. The molecule has 0 radical (unpaired) electrons. The van der Waals surface area contributed by atoms with E-state index < -0.39 is 0 Å². The van der Waals surface area contributed by atoms with E-state index >= 15 is 0 Å². The summed E-state index contributed by atoms with van der Waals surface area (Å²) >= 11 is 0. The summed E-state index contributed by atoms with van der Waals surface area (Å²) in [7, 11) is 0. The number of hydrogen-bond acceptors (Lipinski definition) is 1. The molecular formula is C23H28N2O. The average molecular weight is 348 g/mol. The zero-order chi connectivity index (χ0) is 18.2. The van der Waals surface area contributed by atoms with Gasteiger partial charge in [0.15, 0.2) is 0 Å². The van der Waals surface area contributed by atoms with Crippen LogP contribution in [0.4, 0.5) is 5.69 Å². The lowest BCUT2D eigenvalue weighted by Gasteiger charge is -2.22. The second-order valence-corrected chi connectivity index (χ2v) is 6.83. The van der Waals surface area contributed by atoms with Crippen LogP contribution in [-0.2, 0) is 0 Å². The van der Waals surface area contributed by atoms with Crippen LogP contribution in [0, 0.1) is 0 Å². The van der Waals surface area contributed by atoms with Gasteiger partial charge >= 0.3 is 0 Å². The van der Waals surface area contributed by atoms with Crippen LogP contribution in [0.2, 0.25) is 0 Å². The molecule has 0 saturated heterocycles. The molecular weight excluding hydrogens is 320 g/mol. The molecule has 136 valence electrons. The summed E-state index contributed by atoms with van der Waals surface area (Å²) in [4.78, 5) is 18.4. The number of anilines is 1. The van der Waals surface area contributed by atoms with Gasteiger partial charge in [-0.2, -0.15) is 0 Å². The molecule has 0 saturated carbocycles. The van der Waals surface area contributed by atoms with Crippen LogP contribution in [-0.4, -0.2) is 17.4 Å². The summed E-state index contributed by atoms with van der Waals surface area (Å²) in [5.41, 5.74) is 2.62. The minimum absolute atomic E-state index is 0.0426. The highest BCUT2D eigenvalue weighted by Gasteiger charge is 2.19. The van der Waals surface area contributed by atoms with E-state index in [2.05, 4.69) is 11.9 Å². The summed E-state index contributed by atoms with van der Waals surface area (Å²) in [5.74, 6) is 0.0426. The van der Waals surface area contributed by atoms with Crippen molar-refractivity contribution in [3.8, 4) is 0 Å². The molecule has 3 heteroatoms. The Morgan fingerprint density at radius 2 is 1.58 bits per heavy atom. The molecule has 1 amide bonds. The Bertz CT molecular complexity index is 789. The van der Waals surface area contributed by atoms with Gasteiger partial charge < -0.3 is 9.88 Å². The van der Waals surface area contributed by atoms with Crippen LogP contribution in [0.1, 0.15) is 55.9 Å². The maximum atomic E-state index is 13.2. The molecule has 3 rings (SSSR count). The van der Waals surface area contributed by atoms with Crippen molar-refractivity contribution in [1.82, 2.24) is 4.98 Å². The Hall–Kier alpha value is -2.55. The zero-order valence-electron chi connectivity index (χ0n) is 15.6. The fourth-order valence-corrected chi connectivity index (χ4v) is 3.34. The van der Waals surface area contributed by atoms with Crippen molar-refractivity contribution in [3.05, 3.63) is 66.4 Å². The van der Waals surface area contributed by atoms with Crippen molar-refractivity contribution in [2.24, 2.45) is 0 Å². The van der Waals surface area contributed by atoms with Crippen molar-refractivity contribution in [3.63, 3.8) is 0 Å². The van der Waals surface area contributed by atoms with Gasteiger partial charge in [-0.05, 0) is 30.7 Å². The average Bonchev–Trinajstić information content (AvgIpc) is 3.12. The van der Waals surface area contributed by atoms with E-state index in [1.165, 1.54) is 32.1 Å². The van der Waals surface area contributed by atoms with E-state index in [0.717, 1.165) is 29.6 Å². The van der Waals surface area contributed by atoms with Crippen LogP contribution in [0.5, 0.6) is 0 Å². The van der Waals surface area contributed by atoms with Crippen molar-refractivity contribution in [2.45, 2.75) is 45.4 Å². The van der Waals surface area contributed by atoms with Crippen LogP contribution in [0.15, 0.2) is 60.7 Å². The molecule has 3 nitrogen and oxygen atoms in total. The van der Waals surface area contributed by atoms with Gasteiger partial charge in [-0.25, -0.2) is 0 Å². The van der Waals surface area contributed by atoms with Crippen LogP contribution in [0.3, 0.4) is 0 Å². The van der Waals surface area contributed by atoms with E-state index in [-0.39, 0.29) is 5.91 Å². The lowest BCUT2D eigenvalue weighted by atomic mass is 10.1. The largest absolute Gasteiger partial charge is 0.351 e. The first-order chi connectivity index (χ1) is 12.8. The van der Waals surface area contributed by atoms with Gasteiger partial charge in [-0.15, -0.1) is 0 Å². The van der Waals surface area contributed by atoms with Crippen molar-refractivity contribution in [1.29, 1.82) is 0 Å². The molecule has 3 aromatic rings. The smallest absolute Gasteiger partial charge is 0.274 e. The highest BCUT2D eigenvalue weighted by Crippen LogP contribution is 2.21. The van der Waals surface area contributed by atoms with Crippen molar-refractivity contribution >= 4 is 22.5 Å². The summed E-state index contributed by atoms with van der Waals surface area (Å²) in [6.45, 7) is 2.99. The lowest BCUT2D eigenvalue weighted by molar-refractivity contribution is 0.0982. The fourth-order valence-electron chi connectivity index (χ4n) is 3.34. The normalized spacial score (nSPS) is 11.0. The Labute approximate surface area is 156 Å². The summed E-state index contributed by atoms with van der Waals surface area (Å²) in [5, 5.41) is 1.07. The maximum Gasteiger partial charge on any atom is 0.274 e. The van der Waals surface area contributed by atoms with Crippen LogP contribution >= 0.6 is 0 Å². The first-order valence-electron chi connectivity index (χ1n) is 9.74. The van der Waals surface area contributed by atoms with Crippen LogP contribution < -0.4 is 4.90 Å². The van der Waals surface area contributed by atoms with Gasteiger partial charge in [-0.3, -0.25) is 4.79 Å². The van der Waals surface area contributed by atoms with Gasteiger partial charge in [-0.1, -0.05) is 75.4 Å². The molecule has 0 spiro atoms. The van der Waals surface area contributed by atoms with Gasteiger partial charge in [0.2, 0.25) is 0 Å². The number of amides is 1. The van der Waals surface area contributed by atoms with Crippen LogP contribution in [0.25, 0.3) is 10.9 Å². The van der Waals surface area contributed by atoms with Crippen molar-refractivity contribution in [2.75, 3.05) is 11.4 Å². The van der Waals surface area contributed by atoms with E-state index in [0.29, 0.717) is 5.69 Å². The molecule has 1 N–H and O–H groups in total. The zero-order valence-corrected chi connectivity index (χ0v) is 15.6. The van der Waals surface area contributed by atoms with Gasteiger partial charge in [0, 0.05) is 23.1 Å². The van der Waals surface area contributed by atoms with Crippen molar-refractivity contribution < 1.29 is 4.79 Å². The van der Waals surface area contributed by atoms with E-state index in [1.54, 1.807) is 0 Å². The molecule has 0 bridgehead atoms. The number of unbranched alkanes of at least 4 members (excludes halogenated alkanes) is 5. The second-order valence-electron chi connectivity index (χ2n) is 6.83. The maximum absolute atomic E-state index is 13.2. The predicted molar refractivity (Wildman–Crippen MR) is 110 cm³/mol. The lowest BCUT2D eigenvalue weighted by Crippen LogP contribution is -2.32. The minimum atomic E-state index is 0.0426. The van der Waals surface area contributed by atoms with E-state index in [4.69, 9.17) is 0 Å². The van der Waals surface area contributed by atoms with Gasteiger partial charge in [0.1, 0.15) is 5.69 Å². The highest BCUT2D eigenvalue weighted by molar-refractivity contribution is 6.07. The number of rotatable bonds is 9. The number of benzene rings is 2. The fraction of sp³-hybridized carbons (Fsp3) is 0.348. The van der Waals surface area contributed by atoms with E-state index in [9.17, 15) is 4.79 Å². The molecule has 0 aliphatic carbocycles. The predicted octanol–water partition coefficient (Wildman–Crippen LogP) is 6.18. The first kappa shape index (κ1) is 18.2. The molecule has 2 aromatic carbocycles. The standard InChI is InChI=1S/C23H28N2O/c1-2-3-4-5-6-12-17-25(20-14-8-7-9-15-20)23(26)22-18-19-13-10-11-16-21(19)24-22/h7-11,13-16,18,24H,2-6,12,17H2,1H3. The Morgan fingerprint density at radius 3 is 2.35 bits per heavy atom. The first-order valence-corrected chi connectivity index (χ1v) is 9.74. The number of para-hydroxylation sites is 2. The molecule has 0 aliphatic heterocycles. The third-order valence-electron chi connectivity index (χ3n) is 4.81. The molecule has 1 aromatic heterocycles. The van der Waals surface area contributed by atoms with Gasteiger partial charge in [0.25, 0.3) is 5.91 Å². The van der Waals surface area contributed by atoms with Gasteiger partial charge in [0.05, 0.1) is 0 Å². The highest BCUT2D eigenvalue weighted by atomic mass is 16.2. The monoisotopic (exact) mass is 348 g/mol. The summed E-state index contributed by atoms with van der Waals surface area (Å²) in [6, 6.07) is 20.0. The SMILES string of the molecule is CCCCCCCCN(C(=O)c1cc2ccccc2[nH]1)c1ccccc1. The number of carbonyl (C=O) groups excluding carboxylic acids is 1. The molecule has 1 heterocycles. The Kier molecular flexibility index (Phi) is 6.48. The molecule has 0 aliphatic rings. The number of fused-ring (bicyclic) bond motifs is 1. The number of nitrogens with zero attached hydrogens (tertiary/aromatic N) is 1. The summed E-state index contributed by atoms with van der Waals surface area (Å²) in [6.07, 6.45) is 7.30. The van der Waals surface area contributed by atoms with E-state index in [1.807, 2.05) is 65.6 Å². The number of aromatic amines is 1. The number of H-pyrrole nitrogens is 1. The minimum Gasteiger partial charge on any atom is -0.351 e. The quantitative estimate of drug-likeness (QED) is 0.461. The molecule has 0 atom stereocenters. The molecule has 0 fully saturated rings.